The summed E-state index contributed by atoms with van der Waals surface area (Å²) in [5, 5.41) is 11.0. The number of hydrogen-bond acceptors (Lipinski definition) is 3. The van der Waals surface area contributed by atoms with Gasteiger partial charge in [0.1, 0.15) is 24.7 Å². The third-order valence-electron chi connectivity index (χ3n) is 6.28. The van der Waals surface area contributed by atoms with Crippen LogP contribution in [0, 0.1) is 6.92 Å². The van der Waals surface area contributed by atoms with Crippen LogP contribution >= 0.6 is 0 Å². The van der Waals surface area contributed by atoms with Gasteiger partial charge < -0.3 is 19.9 Å². The Bertz CT molecular complexity index is 1360. The fraction of sp³-hybridized carbons (Fsp3) is 0.182. The Morgan fingerprint density at radius 3 is 2.08 bits per heavy atom. The lowest BCUT2D eigenvalue weighted by Gasteiger charge is -2.19. The van der Waals surface area contributed by atoms with Crippen LogP contribution in [0.2, 0.25) is 0 Å². The second kappa shape index (κ2) is 13.2. The van der Waals surface area contributed by atoms with E-state index in [0.29, 0.717) is 12.4 Å². The lowest BCUT2D eigenvalue weighted by Crippen LogP contribution is -2.26. The minimum atomic E-state index is -1.06. The molecule has 4 aromatic carbocycles. The van der Waals surface area contributed by atoms with Crippen molar-refractivity contribution in [2.24, 2.45) is 0 Å². The van der Waals surface area contributed by atoms with Gasteiger partial charge in [0, 0.05) is 0 Å². The second-order valence-corrected chi connectivity index (χ2v) is 8.93. The van der Waals surface area contributed by atoms with Crippen molar-refractivity contribution in [2.75, 3.05) is 13.2 Å². The molecule has 0 aliphatic carbocycles. The molecular formula is C33H33NO4. The van der Waals surface area contributed by atoms with Gasteiger partial charge >= 0.3 is 6.09 Å². The smallest absolute Gasteiger partial charge is 0.404 e. The number of ether oxygens (including phenoxy) is 2. The Kier molecular flexibility index (Phi) is 9.19. The molecule has 0 bridgehead atoms. The number of aryl methyl sites for hydroxylation is 1. The van der Waals surface area contributed by atoms with E-state index < -0.39 is 6.09 Å². The van der Waals surface area contributed by atoms with Crippen LogP contribution in [0.15, 0.2) is 103 Å². The Morgan fingerprint density at radius 1 is 0.789 bits per heavy atom. The summed E-state index contributed by atoms with van der Waals surface area (Å²) < 4.78 is 11.8. The third kappa shape index (κ3) is 7.04. The first-order valence-corrected chi connectivity index (χ1v) is 12.8. The molecule has 0 aliphatic rings. The third-order valence-corrected chi connectivity index (χ3v) is 6.28. The zero-order valence-electron chi connectivity index (χ0n) is 21.8. The molecule has 0 fully saturated rings. The van der Waals surface area contributed by atoms with Crippen LogP contribution in [0.5, 0.6) is 11.5 Å². The van der Waals surface area contributed by atoms with Crippen molar-refractivity contribution < 1.29 is 19.4 Å². The van der Waals surface area contributed by atoms with Crippen LogP contribution < -0.4 is 14.8 Å². The van der Waals surface area contributed by atoms with E-state index in [9.17, 15) is 4.79 Å². The summed E-state index contributed by atoms with van der Waals surface area (Å²) in [6.07, 6.45) is -0.192. The summed E-state index contributed by atoms with van der Waals surface area (Å²) in [4.78, 5) is 10.6. The molecule has 5 heteroatoms. The first-order valence-electron chi connectivity index (χ1n) is 12.8. The Hall–Kier alpha value is -4.51. The Labute approximate surface area is 224 Å². The molecule has 0 heterocycles. The monoisotopic (exact) mass is 507 g/mol. The van der Waals surface area contributed by atoms with Gasteiger partial charge in [0.05, 0.1) is 6.54 Å². The van der Waals surface area contributed by atoms with E-state index in [1.165, 1.54) is 16.7 Å². The van der Waals surface area contributed by atoms with Gasteiger partial charge in [-0.05, 0) is 76.6 Å². The molecule has 5 nitrogen and oxygen atoms in total. The molecule has 0 aromatic heterocycles. The van der Waals surface area contributed by atoms with Crippen LogP contribution in [-0.4, -0.2) is 24.4 Å². The average Bonchev–Trinajstić information content (AvgIpc) is 2.95. The lowest BCUT2D eigenvalue weighted by molar-refractivity contribution is 0.191. The number of hydrogen-bond donors (Lipinski definition) is 2. The van der Waals surface area contributed by atoms with Gasteiger partial charge in [-0.15, -0.1) is 0 Å². The number of rotatable bonds is 11. The van der Waals surface area contributed by atoms with Gasteiger partial charge in [-0.2, -0.15) is 0 Å². The quantitative estimate of drug-likeness (QED) is 0.162. The molecule has 4 aromatic rings. The molecule has 2 N–H and O–H groups in total. The number of amides is 1. The summed E-state index contributed by atoms with van der Waals surface area (Å²) in [6.45, 7) is 5.32. The molecule has 0 saturated carbocycles. The molecular weight excluding hydrogens is 474 g/mol. The predicted octanol–water partition coefficient (Wildman–Crippen LogP) is 7.59. The number of carboxylic acid groups (broad SMARTS) is 1. The van der Waals surface area contributed by atoms with Gasteiger partial charge in [0.2, 0.25) is 0 Å². The lowest BCUT2D eigenvalue weighted by atomic mass is 9.86. The second-order valence-electron chi connectivity index (χ2n) is 8.93. The topological polar surface area (TPSA) is 67.8 Å². The zero-order chi connectivity index (χ0) is 26.7. The molecule has 0 atom stereocenters. The molecule has 1 amide bonds. The van der Waals surface area contributed by atoms with E-state index in [2.05, 4.69) is 79.8 Å². The highest BCUT2D eigenvalue weighted by Crippen LogP contribution is 2.37. The maximum absolute atomic E-state index is 10.6. The van der Waals surface area contributed by atoms with E-state index in [1.807, 2.05) is 42.5 Å². The number of nitrogens with one attached hydrogen (secondary N) is 1. The summed E-state index contributed by atoms with van der Waals surface area (Å²) >= 11 is 0. The number of allylic oxidation sites excluding steroid dienone is 1. The molecule has 0 aliphatic heterocycles. The van der Waals surface area contributed by atoms with Crippen LogP contribution in [0.1, 0.15) is 41.2 Å². The van der Waals surface area contributed by atoms with Gasteiger partial charge in [0.25, 0.3) is 0 Å². The molecule has 0 spiro atoms. The zero-order valence-corrected chi connectivity index (χ0v) is 21.8. The van der Waals surface area contributed by atoms with Crippen molar-refractivity contribution in [3.63, 3.8) is 0 Å². The van der Waals surface area contributed by atoms with Gasteiger partial charge in [0.15, 0.2) is 0 Å². The highest BCUT2D eigenvalue weighted by Gasteiger charge is 2.16. The average molecular weight is 508 g/mol. The first kappa shape index (κ1) is 26.6. The van der Waals surface area contributed by atoms with Crippen molar-refractivity contribution >= 4 is 17.2 Å². The van der Waals surface area contributed by atoms with Crippen molar-refractivity contribution in [3.05, 3.63) is 131 Å². The van der Waals surface area contributed by atoms with Gasteiger partial charge in [-0.1, -0.05) is 85.8 Å². The summed E-state index contributed by atoms with van der Waals surface area (Å²) in [6, 6.07) is 34.9. The number of carbonyl (C=O) groups is 1. The molecule has 0 radical (unpaired) electrons. The minimum Gasteiger partial charge on any atom is -0.492 e. The highest BCUT2D eigenvalue weighted by atomic mass is 16.5. The molecule has 194 valence electrons. The number of benzene rings is 4. The normalized spacial score (nSPS) is 11.4. The summed E-state index contributed by atoms with van der Waals surface area (Å²) in [5.74, 6) is 1.53. The predicted molar refractivity (Wildman–Crippen MR) is 153 cm³/mol. The Balaban J connectivity index is 1.65. The SMILES string of the molecule is CCC(=C(c1ccc(OCCNC(=O)O)cc1)c1ccc(OCc2ccccc2)cc1C)c1ccccc1. The maximum Gasteiger partial charge on any atom is 0.404 e. The van der Waals surface area contributed by atoms with Crippen molar-refractivity contribution in [1.82, 2.24) is 5.32 Å². The van der Waals surface area contributed by atoms with Crippen LogP contribution in [0.3, 0.4) is 0 Å². The Morgan fingerprint density at radius 2 is 1.45 bits per heavy atom. The summed E-state index contributed by atoms with van der Waals surface area (Å²) in [5.41, 5.74) is 8.12. The van der Waals surface area contributed by atoms with Crippen LogP contribution in [-0.2, 0) is 6.61 Å². The summed E-state index contributed by atoms with van der Waals surface area (Å²) in [7, 11) is 0. The van der Waals surface area contributed by atoms with Crippen LogP contribution in [0.4, 0.5) is 4.79 Å². The van der Waals surface area contributed by atoms with E-state index >= 15 is 0 Å². The minimum absolute atomic E-state index is 0.230. The van der Waals surface area contributed by atoms with Crippen molar-refractivity contribution in [3.8, 4) is 11.5 Å². The standard InChI is InChI=1S/C33H33NO4/c1-3-30(26-12-8-5-9-13-26)32(27-14-16-28(17-15-27)37-21-20-34-33(35)36)31-19-18-29(22-24(31)2)38-23-25-10-6-4-7-11-25/h4-19,22,34H,3,20-21,23H2,1-2H3,(H,35,36). The molecule has 0 saturated heterocycles. The van der Waals surface area contributed by atoms with Gasteiger partial charge in [-0.25, -0.2) is 4.79 Å². The largest absolute Gasteiger partial charge is 0.492 e. The van der Waals surface area contributed by atoms with Crippen LogP contribution in [0.25, 0.3) is 11.1 Å². The van der Waals surface area contributed by atoms with E-state index in [-0.39, 0.29) is 13.2 Å². The van der Waals surface area contributed by atoms with Gasteiger partial charge in [-0.3, -0.25) is 0 Å². The fourth-order valence-electron chi connectivity index (χ4n) is 4.45. The maximum atomic E-state index is 10.6. The first-order chi connectivity index (χ1) is 18.5. The van der Waals surface area contributed by atoms with Crippen molar-refractivity contribution in [1.29, 1.82) is 0 Å². The fourth-order valence-corrected chi connectivity index (χ4v) is 4.45. The van der Waals surface area contributed by atoms with E-state index in [4.69, 9.17) is 14.6 Å². The van der Waals surface area contributed by atoms with E-state index in [0.717, 1.165) is 34.4 Å². The molecule has 4 rings (SSSR count). The van der Waals surface area contributed by atoms with Crippen molar-refractivity contribution in [2.45, 2.75) is 26.9 Å². The molecule has 0 unspecified atom stereocenters. The van der Waals surface area contributed by atoms with E-state index in [1.54, 1.807) is 0 Å². The molecule has 38 heavy (non-hydrogen) atoms. The highest BCUT2D eigenvalue weighted by molar-refractivity contribution is 5.99.